The molecule has 0 unspecified atom stereocenters. The lowest BCUT2D eigenvalue weighted by atomic mass is 10.1. The summed E-state index contributed by atoms with van der Waals surface area (Å²) in [6.07, 6.45) is -0.709. The quantitative estimate of drug-likeness (QED) is 0.535. The first kappa shape index (κ1) is 10.6. The van der Waals surface area contributed by atoms with Crippen LogP contribution in [0.2, 0.25) is 0 Å². The second-order valence-electron chi connectivity index (χ2n) is 2.97. The Balaban J connectivity index is 2.72. The summed E-state index contributed by atoms with van der Waals surface area (Å²) >= 11 is 0. The minimum atomic E-state index is -0.709. The van der Waals surface area contributed by atoms with Gasteiger partial charge in [0.05, 0.1) is 0 Å². The summed E-state index contributed by atoms with van der Waals surface area (Å²) in [6, 6.07) is 5.57. The fourth-order valence-electron chi connectivity index (χ4n) is 1.12. The summed E-state index contributed by atoms with van der Waals surface area (Å²) in [5.41, 5.74) is 2.04. The van der Waals surface area contributed by atoms with Crippen molar-refractivity contribution in [1.29, 1.82) is 0 Å². The van der Waals surface area contributed by atoms with E-state index in [0.717, 1.165) is 11.1 Å². The molecule has 0 aliphatic rings. The number of hydrogen-bond donors (Lipinski definition) is 0. The van der Waals surface area contributed by atoms with Crippen molar-refractivity contribution in [2.45, 2.75) is 20.8 Å². The zero-order valence-corrected chi connectivity index (χ0v) is 8.53. The fraction of sp³-hybridized carbons (Fsp3) is 0.273. The maximum absolute atomic E-state index is 11.0. The van der Waals surface area contributed by atoms with E-state index in [2.05, 4.69) is 4.74 Å². The molecule has 14 heavy (non-hydrogen) atoms. The van der Waals surface area contributed by atoms with Crippen LogP contribution in [-0.4, -0.2) is 6.16 Å². The van der Waals surface area contributed by atoms with Crippen molar-refractivity contribution >= 4 is 6.16 Å². The molecule has 0 N–H and O–H groups in total. The fourth-order valence-corrected chi connectivity index (χ4v) is 1.12. The van der Waals surface area contributed by atoms with Crippen molar-refractivity contribution in [3.63, 3.8) is 0 Å². The highest BCUT2D eigenvalue weighted by molar-refractivity contribution is 5.64. The van der Waals surface area contributed by atoms with E-state index in [-0.39, 0.29) is 0 Å². The van der Waals surface area contributed by atoms with Crippen LogP contribution in [-0.2, 0) is 4.74 Å². The van der Waals surface area contributed by atoms with Crippen molar-refractivity contribution in [1.82, 2.24) is 0 Å². The summed E-state index contributed by atoms with van der Waals surface area (Å²) in [7, 11) is 0. The van der Waals surface area contributed by atoms with E-state index in [0.29, 0.717) is 5.75 Å². The van der Waals surface area contributed by atoms with E-state index in [9.17, 15) is 4.79 Å². The zero-order valence-electron chi connectivity index (χ0n) is 8.53. The Morgan fingerprint density at radius 3 is 2.64 bits per heavy atom. The van der Waals surface area contributed by atoms with Crippen LogP contribution >= 0.6 is 0 Å². The first-order chi connectivity index (χ1) is 6.63. The van der Waals surface area contributed by atoms with Crippen LogP contribution in [0.15, 0.2) is 18.2 Å². The molecule has 0 spiro atoms. The Morgan fingerprint density at radius 2 is 2.07 bits per heavy atom. The Hall–Kier alpha value is -1.51. The van der Waals surface area contributed by atoms with Gasteiger partial charge in [0.1, 0.15) is 12.4 Å². The second-order valence-corrected chi connectivity index (χ2v) is 2.97. The number of carbonyl (C=O) groups excluding carboxylic acids is 1. The molecule has 1 aromatic rings. The molecule has 0 saturated heterocycles. The van der Waals surface area contributed by atoms with Crippen molar-refractivity contribution in [2.24, 2.45) is 0 Å². The van der Waals surface area contributed by atoms with Crippen molar-refractivity contribution in [2.75, 3.05) is 0 Å². The molecular weight excluding hydrogens is 180 g/mol. The van der Waals surface area contributed by atoms with E-state index in [4.69, 9.17) is 4.74 Å². The zero-order chi connectivity index (χ0) is 10.6. The Morgan fingerprint density at radius 1 is 1.36 bits per heavy atom. The Kier molecular flexibility index (Phi) is 3.51. The summed E-state index contributed by atoms with van der Waals surface area (Å²) in [5.74, 6) is 0.530. The molecule has 0 atom stereocenters. The molecular formula is C11H13O3. The molecule has 0 heterocycles. The third kappa shape index (κ3) is 2.76. The Labute approximate surface area is 83.6 Å². The van der Waals surface area contributed by atoms with Crippen LogP contribution in [0.5, 0.6) is 5.75 Å². The molecule has 0 amide bonds. The maximum atomic E-state index is 11.0. The number of ether oxygens (including phenoxy) is 2. The first-order valence-electron chi connectivity index (χ1n) is 4.37. The third-order valence-corrected chi connectivity index (χ3v) is 1.74. The van der Waals surface area contributed by atoms with Gasteiger partial charge in [-0.1, -0.05) is 17.7 Å². The SMILES string of the molecule is C[CH]OC(=O)Oc1ccc(C)cc1C. The monoisotopic (exact) mass is 193 g/mol. The lowest BCUT2D eigenvalue weighted by molar-refractivity contribution is 0.123. The highest BCUT2D eigenvalue weighted by atomic mass is 16.7. The highest BCUT2D eigenvalue weighted by Crippen LogP contribution is 2.19. The minimum absolute atomic E-state index is 0.530. The molecule has 3 nitrogen and oxygen atoms in total. The van der Waals surface area contributed by atoms with E-state index in [1.165, 1.54) is 6.61 Å². The second kappa shape index (κ2) is 4.65. The summed E-state index contributed by atoms with van der Waals surface area (Å²) < 4.78 is 9.49. The van der Waals surface area contributed by atoms with Crippen molar-refractivity contribution in [3.05, 3.63) is 35.9 Å². The largest absolute Gasteiger partial charge is 0.514 e. The standard InChI is InChI=1S/C11H13O3/c1-4-13-11(12)14-10-6-5-8(2)7-9(10)3/h4-7H,1-3H3. The number of carbonyl (C=O) groups is 1. The van der Waals surface area contributed by atoms with Gasteiger partial charge in [-0.15, -0.1) is 0 Å². The number of benzene rings is 1. The van der Waals surface area contributed by atoms with Crippen molar-refractivity contribution < 1.29 is 14.3 Å². The third-order valence-electron chi connectivity index (χ3n) is 1.74. The molecule has 75 valence electrons. The molecule has 0 aromatic heterocycles. The predicted molar refractivity (Wildman–Crippen MR) is 53.0 cm³/mol. The van der Waals surface area contributed by atoms with E-state index in [1.54, 1.807) is 13.0 Å². The molecule has 3 heteroatoms. The molecule has 1 aromatic carbocycles. The van der Waals surface area contributed by atoms with Gasteiger partial charge in [-0.3, -0.25) is 0 Å². The molecule has 0 saturated carbocycles. The lowest BCUT2D eigenvalue weighted by Gasteiger charge is -2.06. The molecule has 1 rings (SSSR count). The van der Waals surface area contributed by atoms with Gasteiger partial charge in [-0.05, 0) is 32.4 Å². The number of rotatable bonds is 2. The maximum Gasteiger partial charge on any atom is 0.514 e. The molecule has 0 aliphatic carbocycles. The van der Waals surface area contributed by atoms with E-state index in [1.807, 2.05) is 26.0 Å². The van der Waals surface area contributed by atoms with Crippen LogP contribution in [0.25, 0.3) is 0 Å². The van der Waals surface area contributed by atoms with Gasteiger partial charge >= 0.3 is 6.16 Å². The minimum Gasteiger partial charge on any atom is -0.427 e. The Bertz CT molecular complexity index is 331. The highest BCUT2D eigenvalue weighted by Gasteiger charge is 2.07. The van der Waals surface area contributed by atoms with Crippen LogP contribution in [0.4, 0.5) is 4.79 Å². The summed E-state index contributed by atoms with van der Waals surface area (Å²) in [5, 5.41) is 0. The van der Waals surface area contributed by atoms with Gasteiger partial charge in [0.2, 0.25) is 0 Å². The summed E-state index contributed by atoms with van der Waals surface area (Å²) in [6.45, 7) is 6.76. The van der Waals surface area contributed by atoms with Crippen LogP contribution in [0.3, 0.4) is 0 Å². The number of aryl methyl sites for hydroxylation is 2. The molecule has 1 radical (unpaired) electrons. The number of hydrogen-bond acceptors (Lipinski definition) is 3. The molecule has 0 fully saturated rings. The van der Waals surface area contributed by atoms with Crippen molar-refractivity contribution in [3.8, 4) is 5.75 Å². The molecule has 0 bridgehead atoms. The first-order valence-corrected chi connectivity index (χ1v) is 4.37. The topological polar surface area (TPSA) is 35.5 Å². The average Bonchev–Trinajstić information content (AvgIpc) is 2.10. The van der Waals surface area contributed by atoms with E-state index < -0.39 is 6.16 Å². The van der Waals surface area contributed by atoms with Gasteiger partial charge in [0.15, 0.2) is 0 Å². The van der Waals surface area contributed by atoms with Gasteiger partial charge in [0.25, 0.3) is 0 Å². The van der Waals surface area contributed by atoms with Crippen LogP contribution < -0.4 is 4.74 Å². The predicted octanol–water partition coefficient (Wildman–Crippen LogP) is 3.00. The van der Waals surface area contributed by atoms with Crippen LogP contribution in [0.1, 0.15) is 18.1 Å². The van der Waals surface area contributed by atoms with Gasteiger partial charge in [-0.2, -0.15) is 0 Å². The van der Waals surface area contributed by atoms with E-state index >= 15 is 0 Å². The van der Waals surface area contributed by atoms with Gasteiger partial charge in [0, 0.05) is 0 Å². The molecule has 0 aliphatic heterocycles. The van der Waals surface area contributed by atoms with Gasteiger partial charge in [-0.25, -0.2) is 4.79 Å². The van der Waals surface area contributed by atoms with Gasteiger partial charge < -0.3 is 9.47 Å². The summed E-state index contributed by atoms with van der Waals surface area (Å²) in [4.78, 5) is 11.0. The smallest absolute Gasteiger partial charge is 0.427 e. The normalized spacial score (nSPS) is 9.64. The van der Waals surface area contributed by atoms with Crippen LogP contribution in [0, 0.1) is 20.5 Å². The average molecular weight is 193 g/mol. The lowest BCUT2D eigenvalue weighted by Crippen LogP contribution is -2.08.